The molecule has 1 heterocycles. The number of hydrogen-bond acceptors (Lipinski definition) is 5. The largest absolute Gasteiger partial charge is 0.369 e. The van der Waals surface area contributed by atoms with Crippen LogP contribution in [0.1, 0.15) is 12.5 Å². The Morgan fingerprint density at radius 3 is 2.11 bits per heavy atom. The van der Waals surface area contributed by atoms with Crippen LogP contribution in [0.3, 0.4) is 0 Å². The van der Waals surface area contributed by atoms with E-state index in [1.54, 1.807) is 4.90 Å². The third-order valence-corrected chi connectivity index (χ3v) is 3.70. The Balaban J connectivity index is 1.96. The smallest absolute Gasteiger partial charge is 0.275 e. The van der Waals surface area contributed by atoms with Crippen LogP contribution < -0.4 is 4.90 Å². The number of aryl methyl sites for hydroxylation is 1. The summed E-state index contributed by atoms with van der Waals surface area (Å²) in [6.45, 7) is 4.87. The Hall–Kier alpha value is -0.750. The second-order valence-electron chi connectivity index (χ2n) is 4.59. The van der Waals surface area contributed by atoms with Crippen LogP contribution in [0.15, 0.2) is 24.3 Å². The fourth-order valence-electron chi connectivity index (χ4n) is 2.21. The van der Waals surface area contributed by atoms with Crippen molar-refractivity contribution in [1.29, 1.82) is 0 Å². The quantitative estimate of drug-likeness (QED) is 0.563. The van der Waals surface area contributed by atoms with Gasteiger partial charge in [-0.25, -0.2) is 4.90 Å². The molecule has 1 fully saturated rings. The molecule has 1 aromatic carbocycles. The predicted molar refractivity (Wildman–Crippen MR) is 75.8 cm³/mol. The first-order valence-electron chi connectivity index (χ1n) is 6.26. The normalized spacial score (nSPS) is 18.1. The molecule has 0 aromatic heterocycles. The van der Waals surface area contributed by atoms with Crippen LogP contribution >= 0.6 is 12.6 Å². The van der Waals surface area contributed by atoms with Crippen molar-refractivity contribution >= 4 is 18.3 Å². The van der Waals surface area contributed by atoms with Gasteiger partial charge in [-0.15, -0.1) is 0 Å². The molecular formula is C13H20N2O2S. The van der Waals surface area contributed by atoms with Gasteiger partial charge in [0.15, 0.2) is 0 Å². The van der Waals surface area contributed by atoms with Crippen molar-refractivity contribution in [2.24, 2.45) is 0 Å². The molecule has 0 unspecified atom stereocenters. The molecule has 0 radical (unpaired) electrons. The zero-order chi connectivity index (χ0) is 13.2. The molecule has 0 atom stereocenters. The van der Waals surface area contributed by atoms with E-state index in [9.17, 15) is 10.2 Å². The predicted octanol–water partition coefficient (Wildman–Crippen LogP) is 0.897. The van der Waals surface area contributed by atoms with Crippen LogP contribution in [0.5, 0.6) is 0 Å². The average molecular weight is 268 g/mol. The number of rotatable bonds is 3. The maximum absolute atomic E-state index is 9.39. The maximum Gasteiger partial charge on any atom is 0.275 e. The summed E-state index contributed by atoms with van der Waals surface area (Å²) in [5.41, 5.74) is 2.52. The third-order valence-electron chi connectivity index (χ3n) is 3.41. The van der Waals surface area contributed by atoms with E-state index in [0.717, 1.165) is 19.5 Å². The van der Waals surface area contributed by atoms with Crippen molar-refractivity contribution in [3.8, 4) is 0 Å². The van der Waals surface area contributed by atoms with E-state index in [4.69, 9.17) is 0 Å². The highest BCUT2D eigenvalue weighted by Gasteiger charge is 2.30. The Morgan fingerprint density at radius 2 is 1.67 bits per heavy atom. The molecule has 5 heteroatoms. The van der Waals surface area contributed by atoms with Gasteiger partial charge in [-0.3, -0.25) is 0 Å². The van der Waals surface area contributed by atoms with Gasteiger partial charge >= 0.3 is 0 Å². The van der Waals surface area contributed by atoms with E-state index in [1.165, 1.54) is 11.3 Å². The molecule has 1 aliphatic heterocycles. The van der Waals surface area contributed by atoms with E-state index < -0.39 is 5.24 Å². The lowest BCUT2D eigenvalue weighted by atomic mass is 10.1. The van der Waals surface area contributed by atoms with Crippen molar-refractivity contribution in [2.45, 2.75) is 18.6 Å². The Bertz CT molecular complexity index is 381. The molecule has 0 amide bonds. The third kappa shape index (κ3) is 3.17. The summed E-state index contributed by atoms with van der Waals surface area (Å²) in [5, 5.41) is 16.8. The summed E-state index contributed by atoms with van der Waals surface area (Å²) in [4.78, 5) is 3.79. The zero-order valence-electron chi connectivity index (χ0n) is 10.6. The molecule has 1 saturated heterocycles. The van der Waals surface area contributed by atoms with E-state index in [1.807, 2.05) is 0 Å². The number of hydrogen-bond donors (Lipinski definition) is 3. The minimum atomic E-state index is -2.00. The first kappa shape index (κ1) is 13.7. The lowest BCUT2D eigenvalue weighted by molar-refractivity contribution is -0.188. The van der Waals surface area contributed by atoms with Gasteiger partial charge in [0.25, 0.3) is 5.24 Å². The van der Waals surface area contributed by atoms with Gasteiger partial charge in [0.1, 0.15) is 0 Å². The topological polar surface area (TPSA) is 46.9 Å². The summed E-state index contributed by atoms with van der Waals surface area (Å²) in [6, 6.07) is 8.53. The highest BCUT2D eigenvalue weighted by Crippen LogP contribution is 2.21. The lowest BCUT2D eigenvalue weighted by Crippen LogP contribution is -2.54. The molecule has 0 spiro atoms. The van der Waals surface area contributed by atoms with Crippen molar-refractivity contribution in [2.75, 3.05) is 31.1 Å². The molecule has 0 aliphatic carbocycles. The summed E-state index contributed by atoms with van der Waals surface area (Å²) >= 11 is 3.76. The molecule has 0 saturated carbocycles. The molecule has 18 heavy (non-hydrogen) atoms. The lowest BCUT2D eigenvalue weighted by Gasteiger charge is -2.39. The van der Waals surface area contributed by atoms with Crippen LogP contribution in [0, 0.1) is 0 Å². The van der Waals surface area contributed by atoms with Gasteiger partial charge < -0.3 is 15.1 Å². The van der Waals surface area contributed by atoms with E-state index in [-0.39, 0.29) is 0 Å². The molecular weight excluding hydrogens is 248 g/mol. The van der Waals surface area contributed by atoms with Crippen LogP contribution in [0.2, 0.25) is 0 Å². The van der Waals surface area contributed by atoms with E-state index in [2.05, 4.69) is 48.7 Å². The van der Waals surface area contributed by atoms with Crippen LogP contribution in [-0.2, 0) is 6.42 Å². The van der Waals surface area contributed by atoms with Crippen LogP contribution in [-0.4, -0.2) is 46.5 Å². The second kappa shape index (κ2) is 5.48. The van der Waals surface area contributed by atoms with Crippen molar-refractivity contribution in [3.63, 3.8) is 0 Å². The average Bonchev–Trinajstić information content (AvgIpc) is 2.38. The SMILES string of the molecule is CCc1ccc(N2CCN(C(O)(O)S)CC2)cc1. The van der Waals surface area contributed by atoms with Crippen LogP contribution in [0.4, 0.5) is 5.69 Å². The number of anilines is 1. The molecule has 2 rings (SSSR count). The zero-order valence-corrected chi connectivity index (χ0v) is 11.5. The summed E-state index contributed by atoms with van der Waals surface area (Å²) in [7, 11) is 0. The second-order valence-corrected chi connectivity index (χ2v) is 5.19. The minimum absolute atomic E-state index is 0.589. The Morgan fingerprint density at radius 1 is 1.11 bits per heavy atom. The highest BCUT2D eigenvalue weighted by atomic mass is 32.1. The van der Waals surface area contributed by atoms with Crippen molar-refractivity contribution in [1.82, 2.24) is 4.90 Å². The maximum atomic E-state index is 9.39. The molecule has 4 nitrogen and oxygen atoms in total. The van der Waals surface area contributed by atoms with Crippen molar-refractivity contribution in [3.05, 3.63) is 29.8 Å². The first-order valence-corrected chi connectivity index (χ1v) is 6.71. The van der Waals surface area contributed by atoms with Gasteiger partial charge in [0, 0.05) is 31.9 Å². The van der Waals surface area contributed by atoms with Gasteiger partial charge in [0.05, 0.1) is 0 Å². The number of nitrogens with zero attached hydrogens (tertiary/aromatic N) is 2. The first-order chi connectivity index (χ1) is 8.50. The molecule has 0 bridgehead atoms. The van der Waals surface area contributed by atoms with Gasteiger partial charge in [-0.1, -0.05) is 31.7 Å². The molecule has 1 aliphatic rings. The van der Waals surface area contributed by atoms with E-state index >= 15 is 0 Å². The number of benzene rings is 1. The summed E-state index contributed by atoms with van der Waals surface area (Å²) in [5.74, 6) is 0. The fourth-order valence-corrected chi connectivity index (χ4v) is 2.41. The minimum Gasteiger partial charge on any atom is -0.369 e. The van der Waals surface area contributed by atoms with Crippen LogP contribution in [0.25, 0.3) is 0 Å². The van der Waals surface area contributed by atoms with Gasteiger partial charge in [-0.2, -0.15) is 0 Å². The Labute approximate surface area is 113 Å². The highest BCUT2D eigenvalue weighted by molar-refractivity contribution is 7.81. The fraction of sp³-hybridized carbons (Fsp3) is 0.538. The number of aliphatic hydroxyl groups is 2. The van der Waals surface area contributed by atoms with Gasteiger partial charge in [-0.05, 0) is 24.1 Å². The van der Waals surface area contributed by atoms with E-state index in [0.29, 0.717) is 13.1 Å². The number of piperazine rings is 1. The van der Waals surface area contributed by atoms with Crippen molar-refractivity contribution < 1.29 is 10.2 Å². The van der Waals surface area contributed by atoms with Gasteiger partial charge in [0.2, 0.25) is 0 Å². The molecule has 1 aromatic rings. The standard InChI is InChI=1S/C13H20N2O2S/c1-2-11-3-5-12(6-4-11)14-7-9-15(10-8-14)13(16,17)18/h3-6,16-18H,2,7-10H2,1H3. The molecule has 100 valence electrons. The Kier molecular flexibility index (Phi) is 4.17. The summed E-state index contributed by atoms with van der Waals surface area (Å²) < 4.78 is 0. The molecule has 2 N–H and O–H groups in total. The monoisotopic (exact) mass is 268 g/mol. The number of thiol groups is 1. The summed E-state index contributed by atoms with van der Waals surface area (Å²) in [6.07, 6.45) is 1.05.